The largest absolute Gasteiger partial charge is 0.381 e. The molecule has 5 nitrogen and oxygen atoms in total. The summed E-state index contributed by atoms with van der Waals surface area (Å²) in [7, 11) is -3.43. The average molecular weight is 313 g/mol. The topological polar surface area (TPSA) is 84.2 Å². The highest BCUT2D eigenvalue weighted by atomic mass is 32.2. The number of hydrogen-bond donors (Lipinski definition) is 3. The third kappa shape index (κ3) is 6.03. The Bertz CT molecular complexity index is 512. The van der Waals surface area contributed by atoms with Crippen molar-refractivity contribution in [2.45, 2.75) is 57.0 Å². The van der Waals surface area contributed by atoms with Gasteiger partial charge in [0, 0.05) is 24.3 Å². The van der Waals surface area contributed by atoms with Crippen LogP contribution in [0.15, 0.2) is 29.2 Å². The summed E-state index contributed by atoms with van der Waals surface area (Å²) in [6, 6.07) is 6.89. The fraction of sp³-hybridized carbons (Fsp3) is 0.600. The van der Waals surface area contributed by atoms with Crippen molar-refractivity contribution < 1.29 is 8.42 Å². The highest BCUT2D eigenvalue weighted by Gasteiger charge is 2.15. The van der Waals surface area contributed by atoms with E-state index in [1.165, 1.54) is 0 Å². The monoisotopic (exact) mass is 313 g/mol. The summed E-state index contributed by atoms with van der Waals surface area (Å²) in [6.45, 7) is 6.31. The molecule has 1 unspecified atom stereocenters. The second-order valence-corrected chi connectivity index (χ2v) is 7.23. The third-order valence-electron chi connectivity index (χ3n) is 3.12. The normalized spacial score (nSPS) is 13.4. The quantitative estimate of drug-likeness (QED) is 0.653. The van der Waals surface area contributed by atoms with Crippen molar-refractivity contribution in [1.82, 2.24) is 4.72 Å². The molecule has 0 heterocycles. The molecule has 0 amide bonds. The first-order valence-corrected chi connectivity index (χ1v) is 8.96. The van der Waals surface area contributed by atoms with Gasteiger partial charge in [-0.05, 0) is 44.5 Å². The zero-order chi connectivity index (χ0) is 15.9. The van der Waals surface area contributed by atoms with Gasteiger partial charge in [-0.15, -0.1) is 0 Å². The Kier molecular flexibility index (Phi) is 7.14. The van der Waals surface area contributed by atoms with Crippen molar-refractivity contribution in [3.05, 3.63) is 24.3 Å². The molecule has 21 heavy (non-hydrogen) atoms. The lowest BCUT2D eigenvalue weighted by Gasteiger charge is -2.18. The summed E-state index contributed by atoms with van der Waals surface area (Å²) < 4.78 is 26.6. The lowest BCUT2D eigenvalue weighted by Crippen LogP contribution is -2.30. The van der Waals surface area contributed by atoms with E-state index in [0.717, 1.165) is 24.9 Å². The van der Waals surface area contributed by atoms with Crippen LogP contribution in [-0.4, -0.2) is 27.0 Å². The molecule has 0 fully saturated rings. The Morgan fingerprint density at radius 2 is 1.81 bits per heavy atom. The highest BCUT2D eigenvalue weighted by Crippen LogP contribution is 2.16. The number of sulfonamides is 1. The predicted octanol–water partition coefficient (Wildman–Crippen LogP) is 2.30. The average Bonchev–Trinajstić information content (AvgIpc) is 2.42. The first kappa shape index (κ1) is 17.9. The lowest BCUT2D eigenvalue weighted by molar-refractivity contribution is 0.570. The summed E-state index contributed by atoms with van der Waals surface area (Å²) >= 11 is 0. The van der Waals surface area contributed by atoms with E-state index in [4.69, 9.17) is 5.73 Å². The summed E-state index contributed by atoms with van der Waals surface area (Å²) in [5.74, 6) is 0. The third-order valence-corrected chi connectivity index (χ3v) is 4.79. The van der Waals surface area contributed by atoms with Gasteiger partial charge in [-0.3, -0.25) is 0 Å². The van der Waals surface area contributed by atoms with Gasteiger partial charge >= 0.3 is 0 Å². The Labute approximate surface area is 128 Å². The van der Waals surface area contributed by atoms with E-state index in [0.29, 0.717) is 6.54 Å². The number of benzene rings is 1. The molecule has 1 rings (SSSR count). The molecular formula is C15H27N3O2S. The summed E-state index contributed by atoms with van der Waals surface area (Å²) in [4.78, 5) is 0.277. The van der Waals surface area contributed by atoms with Crippen molar-refractivity contribution in [1.29, 1.82) is 0 Å². The molecule has 1 aromatic rings. The minimum atomic E-state index is -3.43. The Morgan fingerprint density at radius 3 is 2.29 bits per heavy atom. The summed E-state index contributed by atoms with van der Waals surface area (Å²) in [5, 5.41) is 3.34. The molecule has 0 aliphatic heterocycles. The van der Waals surface area contributed by atoms with Crippen molar-refractivity contribution in [2.75, 3.05) is 11.9 Å². The molecule has 0 bridgehead atoms. The second-order valence-electron chi connectivity index (χ2n) is 5.52. The predicted molar refractivity (Wildman–Crippen MR) is 87.9 cm³/mol. The van der Waals surface area contributed by atoms with Crippen molar-refractivity contribution >= 4 is 15.7 Å². The van der Waals surface area contributed by atoms with Crippen molar-refractivity contribution in [3.8, 4) is 0 Å². The van der Waals surface area contributed by atoms with Crippen LogP contribution < -0.4 is 15.8 Å². The van der Waals surface area contributed by atoms with E-state index in [-0.39, 0.29) is 17.0 Å². The van der Waals surface area contributed by atoms with Gasteiger partial charge in [-0.1, -0.05) is 19.8 Å². The summed E-state index contributed by atoms with van der Waals surface area (Å²) in [6.07, 6.45) is 3.28. The molecule has 0 saturated heterocycles. The first-order valence-electron chi connectivity index (χ1n) is 7.48. The number of nitrogens with two attached hydrogens (primary N) is 1. The Morgan fingerprint density at radius 1 is 1.19 bits per heavy atom. The van der Waals surface area contributed by atoms with Crippen LogP contribution in [0.2, 0.25) is 0 Å². The molecule has 0 spiro atoms. The molecular weight excluding hydrogens is 286 g/mol. The number of anilines is 1. The van der Waals surface area contributed by atoms with Gasteiger partial charge in [-0.2, -0.15) is 0 Å². The van der Waals surface area contributed by atoms with Gasteiger partial charge in [0.15, 0.2) is 0 Å². The Balaban J connectivity index is 2.73. The maximum Gasteiger partial charge on any atom is 0.240 e. The first-order chi connectivity index (χ1) is 9.89. The van der Waals surface area contributed by atoms with E-state index < -0.39 is 10.0 Å². The number of nitrogens with one attached hydrogen (secondary N) is 2. The van der Waals surface area contributed by atoms with Crippen LogP contribution in [0.25, 0.3) is 0 Å². The minimum Gasteiger partial charge on any atom is -0.381 e. The molecule has 0 aliphatic rings. The van der Waals surface area contributed by atoms with Crippen LogP contribution in [-0.2, 0) is 10.0 Å². The molecule has 6 heteroatoms. The number of unbranched alkanes of at least 4 members (excludes halogenated alkanes) is 1. The van der Waals surface area contributed by atoms with Gasteiger partial charge < -0.3 is 11.1 Å². The zero-order valence-corrected chi connectivity index (χ0v) is 13.9. The van der Waals surface area contributed by atoms with E-state index in [9.17, 15) is 8.42 Å². The van der Waals surface area contributed by atoms with E-state index in [1.54, 1.807) is 38.1 Å². The molecule has 0 aromatic heterocycles. The molecule has 0 radical (unpaired) electrons. The number of hydrogen-bond acceptors (Lipinski definition) is 4. The molecule has 1 aromatic carbocycles. The Hall–Kier alpha value is -1.11. The van der Waals surface area contributed by atoms with Gasteiger partial charge in [0.05, 0.1) is 4.90 Å². The maximum absolute atomic E-state index is 12.0. The zero-order valence-electron chi connectivity index (χ0n) is 13.1. The van der Waals surface area contributed by atoms with Crippen molar-refractivity contribution in [2.24, 2.45) is 5.73 Å². The fourth-order valence-corrected chi connectivity index (χ4v) is 3.29. The fourth-order valence-electron chi connectivity index (χ4n) is 2.04. The van der Waals surface area contributed by atoms with E-state index >= 15 is 0 Å². The van der Waals surface area contributed by atoms with Gasteiger partial charge in [0.25, 0.3) is 0 Å². The van der Waals surface area contributed by atoms with Crippen LogP contribution in [0.3, 0.4) is 0 Å². The van der Waals surface area contributed by atoms with E-state index in [1.807, 2.05) is 0 Å². The lowest BCUT2D eigenvalue weighted by atomic mass is 10.1. The van der Waals surface area contributed by atoms with Crippen LogP contribution in [0.1, 0.15) is 40.0 Å². The second kappa shape index (κ2) is 8.36. The minimum absolute atomic E-state index is 0.122. The maximum atomic E-state index is 12.0. The van der Waals surface area contributed by atoms with E-state index in [2.05, 4.69) is 17.0 Å². The van der Waals surface area contributed by atoms with Crippen LogP contribution in [0.5, 0.6) is 0 Å². The van der Waals surface area contributed by atoms with Crippen LogP contribution >= 0.6 is 0 Å². The van der Waals surface area contributed by atoms with Crippen LogP contribution in [0.4, 0.5) is 5.69 Å². The van der Waals surface area contributed by atoms with Crippen LogP contribution in [0, 0.1) is 0 Å². The van der Waals surface area contributed by atoms with Gasteiger partial charge in [-0.25, -0.2) is 13.1 Å². The standard InChI is InChI=1S/C15H27N3O2S/c1-4-5-6-14(11-16)17-13-7-9-15(10-8-13)21(19,20)18-12(2)3/h7-10,12,14,17-18H,4-6,11,16H2,1-3H3. The number of rotatable bonds is 9. The highest BCUT2D eigenvalue weighted by molar-refractivity contribution is 7.89. The van der Waals surface area contributed by atoms with Gasteiger partial charge in [0.1, 0.15) is 0 Å². The van der Waals surface area contributed by atoms with Crippen molar-refractivity contribution in [3.63, 3.8) is 0 Å². The molecule has 0 aliphatic carbocycles. The smallest absolute Gasteiger partial charge is 0.240 e. The SMILES string of the molecule is CCCCC(CN)Nc1ccc(S(=O)(=O)NC(C)C)cc1. The molecule has 4 N–H and O–H groups in total. The molecule has 120 valence electrons. The molecule has 0 saturated carbocycles. The summed E-state index contributed by atoms with van der Waals surface area (Å²) in [5.41, 5.74) is 6.64. The van der Waals surface area contributed by atoms with Gasteiger partial charge in [0.2, 0.25) is 10.0 Å². The molecule has 1 atom stereocenters.